The highest BCUT2D eigenvalue weighted by molar-refractivity contribution is 5.28. The summed E-state index contributed by atoms with van der Waals surface area (Å²) in [6.07, 6.45) is 25.6. The molecule has 0 aliphatic heterocycles. The van der Waals surface area contributed by atoms with Crippen LogP contribution in [0.2, 0.25) is 0 Å². The van der Waals surface area contributed by atoms with Crippen LogP contribution in [0.1, 0.15) is 142 Å². The molecule has 0 radical (unpaired) electrons. The van der Waals surface area contributed by atoms with Crippen molar-refractivity contribution >= 4 is 0 Å². The van der Waals surface area contributed by atoms with Gasteiger partial charge < -0.3 is 28.4 Å². The van der Waals surface area contributed by atoms with Crippen molar-refractivity contribution in [3.05, 3.63) is 11.6 Å². The fourth-order valence-corrected chi connectivity index (χ4v) is 12.0. The number of methoxy groups -OCH3 is 3. The summed E-state index contributed by atoms with van der Waals surface area (Å²) >= 11 is 0. The van der Waals surface area contributed by atoms with Crippen molar-refractivity contribution in [1.82, 2.24) is 0 Å². The summed E-state index contributed by atoms with van der Waals surface area (Å²) in [5, 5.41) is 0. The molecule has 0 unspecified atom stereocenters. The van der Waals surface area contributed by atoms with Crippen molar-refractivity contribution in [1.29, 1.82) is 0 Å². The minimum atomic E-state index is -0.400. The van der Waals surface area contributed by atoms with Crippen LogP contribution in [-0.2, 0) is 28.4 Å². The second-order valence-corrected chi connectivity index (χ2v) is 16.6. The molecule has 0 amide bonds. The molecule has 0 aromatic rings. The molecule has 6 fully saturated rings. The van der Waals surface area contributed by atoms with Crippen LogP contribution in [0, 0.1) is 28.6 Å². The Hall–Kier alpha value is -0.500. The number of hydrogen-bond donors (Lipinski definition) is 0. The lowest BCUT2D eigenvalue weighted by molar-refractivity contribution is -0.300. The maximum atomic E-state index is 7.21. The topological polar surface area (TPSA) is 55.4 Å². The zero-order valence-electron chi connectivity index (χ0n) is 28.7. The molecule has 0 aromatic heterocycles. The molecule has 7 aliphatic carbocycles. The third kappa shape index (κ3) is 5.10. The smallest absolute Gasteiger partial charge is 0.168 e. The summed E-state index contributed by atoms with van der Waals surface area (Å²) in [5.41, 5.74) is 1.73. The Labute approximate surface area is 267 Å². The predicted molar refractivity (Wildman–Crippen MR) is 171 cm³/mol. The zero-order valence-corrected chi connectivity index (χ0v) is 28.7. The summed E-state index contributed by atoms with van der Waals surface area (Å²) in [4.78, 5) is 0. The number of hydrogen-bond acceptors (Lipinski definition) is 6. The van der Waals surface area contributed by atoms with Gasteiger partial charge in [-0.25, -0.2) is 0 Å². The Morgan fingerprint density at radius 3 is 1.89 bits per heavy atom. The summed E-state index contributed by atoms with van der Waals surface area (Å²) in [5.74, 6) is 0.832. The summed E-state index contributed by atoms with van der Waals surface area (Å²) in [7, 11) is 5.58. The number of ether oxygens (including phenoxy) is 6. The molecule has 44 heavy (non-hydrogen) atoms. The second kappa shape index (κ2) is 11.9. The first kappa shape index (κ1) is 32.1. The Balaban J connectivity index is 1.16. The van der Waals surface area contributed by atoms with Crippen LogP contribution in [0.15, 0.2) is 11.6 Å². The molecular formula is C38H62O6. The van der Waals surface area contributed by atoms with Gasteiger partial charge in [-0.3, -0.25) is 0 Å². The summed E-state index contributed by atoms with van der Waals surface area (Å²) in [6, 6.07) is 0. The van der Waals surface area contributed by atoms with Gasteiger partial charge in [0.05, 0.1) is 18.3 Å². The van der Waals surface area contributed by atoms with Gasteiger partial charge in [-0.15, -0.1) is 0 Å². The molecule has 0 spiro atoms. The lowest BCUT2D eigenvalue weighted by Gasteiger charge is -2.61. The first-order valence-corrected chi connectivity index (χ1v) is 18.5. The highest BCUT2D eigenvalue weighted by atomic mass is 16.7. The van der Waals surface area contributed by atoms with E-state index in [-0.39, 0.29) is 34.1 Å². The van der Waals surface area contributed by atoms with Crippen molar-refractivity contribution in [3.8, 4) is 0 Å². The van der Waals surface area contributed by atoms with Crippen LogP contribution in [0.4, 0.5) is 0 Å². The van der Waals surface area contributed by atoms with E-state index < -0.39 is 5.79 Å². The lowest BCUT2D eigenvalue weighted by atomic mass is 9.46. The van der Waals surface area contributed by atoms with Crippen LogP contribution < -0.4 is 0 Å². The fourth-order valence-electron chi connectivity index (χ4n) is 12.0. The average Bonchev–Trinajstić information content (AvgIpc) is 3.85. The molecule has 7 aliphatic rings. The lowest BCUT2D eigenvalue weighted by Crippen LogP contribution is -2.58. The van der Waals surface area contributed by atoms with Gasteiger partial charge in [0.15, 0.2) is 17.4 Å². The molecule has 6 heteroatoms. The van der Waals surface area contributed by atoms with Crippen LogP contribution in [0.3, 0.4) is 0 Å². The predicted octanol–water partition coefficient (Wildman–Crippen LogP) is 8.86. The molecular weight excluding hydrogens is 552 g/mol. The van der Waals surface area contributed by atoms with Crippen molar-refractivity contribution in [2.45, 2.75) is 171 Å². The molecule has 0 saturated heterocycles. The van der Waals surface area contributed by atoms with Crippen LogP contribution >= 0.6 is 0 Å². The molecule has 0 aromatic carbocycles. The third-order valence-electron chi connectivity index (χ3n) is 14.9. The quantitative estimate of drug-likeness (QED) is 0.181. The van der Waals surface area contributed by atoms with Gasteiger partial charge in [0.1, 0.15) is 0 Å². The first-order chi connectivity index (χ1) is 21.2. The summed E-state index contributed by atoms with van der Waals surface area (Å²) < 4.78 is 39.4. The maximum absolute atomic E-state index is 7.21. The van der Waals surface area contributed by atoms with E-state index >= 15 is 0 Å². The van der Waals surface area contributed by atoms with E-state index in [1.807, 2.05) is 21.3 Å². The van der Waals surface area contributed by atoms with Crippen LogP contribution in [-0.4, -0.2) is 57.0 Å². The fraction of sp³-hybridized carbons (Fsp3) is 0.947. The van der Waals surface area contributed by atoms with Crippen molar-refractivity contribution < 1.29 is 28.4 Å². The first-order valence-electron chi connectivity index (χ1n) is 18.5. The minimum Gasteiger partial charge on any atom is -0.353 e. The van der Waals surface area contributed by atoms with Gasteiger partial charge in [0.25, 0.3) is 0 Å². The van der Waals surface area contributed by atoms with Gasteiger partial charge in [0, 0.05) is 65.3 Å². The van der Waals surface area contributed by atoms with Crippen LogP contribution in [0.5, 0.6) is 0 Å². The van der Waals surface area contributed by atoms with Crippen LogP contribution in [0.25, 0.3) is 0 Å². The van der Waals surface area contributed by atoms with E-state index in [9.17, 15) is 0 Å². The minimum absolute atomic E-state index is 0.0766. The van der Waals surface area contributed by atoms with E-state index in [2.05, 4.69) is 19.9 Å². The summed E-state index contributed by atoms with van der Waals surface area (Å²) in [6.45, 7) is 5.81. The van der Waals surface area contributed by atoms with Crippen molar-refractivity contribution in [2.75, 3.05) is 27.9 Å². The highest BCUT2D eigenvalue weighted by Crippen LogP contribution is 2.69. The Morgan fingerprint density at radius 1 is 0.659 bits per heavy atom. The van der Waals surface area contributed by atoms with E-state index in [0.29, 0.717) is 17.8 Å². The number of rotatable bonds is 10. The Kier molecular flexibility index (Phi) is 8.66. The SMILES string of the molecule is COC1(OC[C@]23CC[C@H](OC4(OC)CCCC4)CC2=CC[C@@H]2[C@@H]3CC[C@@]3(C)[C@H]2CC[C@]3(C)OC2(OC)CCCC2)CCCC1. The zero-order chi connectivity index (χ0) is 30.7. The highest BCUT2D eigenvalue weighted by Gasteiger charge is 2.65. The maximum Gasteiger partial charge on any atom is 0.168 e. The molecule has 7 atom stereocenters. The average molecular weight is 615 g/mol. The Bertz CT molecular complexity index is 1050. The van der Waals surface area contributed by atoms with E-state index in [1.54, 1.807) is 5.57 Å². The van der Waals surface area contributed by atoms with E-state index in [0.717, 1.165) is 70.8 Å². The molecule has 250 valence electrons. The second-order valence-electron chi connectivity index (χ2n) is 16.6. The van der Waals surface area contributed by atoms with E-state index in [1.165, 1.54) is 64.2 Å². The van der Waals surface area contributed by atoms with Crippen molar-refractivity contribution in [3.63, 3.8) is 0 Å². The molecule has 7 rings (SSSR count). The van der Waals surface area contributed by atoms with Gasteiger partial charge in [-0.2, -0.15) is 0 Å². The molecule has 6 nitrogen and oxygen atoms in total. The molecule has 0 heterocycles. The van der Waals surface area contributed by atoms with Crippen molar-refractivity contribution in [2.24, 2.45) is 28.6 Å². The van der Waals surface area contributed by atoms with Gasteiger partial charge >= 0.3 is 0 Å². The molecule has 6 saturated carbocycles. The normalized spacial score (nSPS) is 43.8. The Morgan fingerprint density at radius 2 is 1.25 bits per heavy atom. The molecule has 0 N–H and O–H groups in total. The van der Waals surface area contributed by atoms with E-state index in [4.69, 9.17) is 28.4 Å². The molecule has 0 bridgehead atoms. The number of fused-ring (bicyclic) bond motifs is 5. The van der Waals surface area contributed by atoms with Gasteiger partial charge in [0.2, 0.25) is 0 Å². The van der Waals surface area contributed by atoms with Gasteiger partial charge in [-0.1, -0.05) is 18.6 Å². The largest absolute Gasteiger partial charge is 0.353 e. The number of allylic oxidation sites excluding steroid dienone is 1. The third-order valence-corrected chi connectivity index (χ3v) is 14.9. The monoisotopic (exact) mass is 614 g/mol. The standard InChI is InChI=1S/C38H62O6/c1-33-23-15-32-30(31(33)16-24-34(33,2)44-38(41-5)21-10-11-22-38)13-12-28-26-29(43-37(40-4)19-8-9-20-37)14-25-35(28,32)27-42-36(39-3)17-6-7-18-36/h12,29-32H,6-11,13-27H2,1-5H3/t29-,30-,31-,32-,33-,34-,35+/m0/s1. The van der Waals surface area contributed by atoms with Gasteiger partial charge in [-0.05, 0) is 120 Å².